The molecule has 0 amide bonds. The maximum absolute atomic E-state index is 5.91. The fourth-order valence-electron chi connectivity index (χ4n) is 2.43. The highest BCUT2D eigenvalue weighted by molar-refractivity contribution is 5.31. The monoisotopic (exact) mass is 341 g/mol. The molecule has 2 aromatic heterocycles. The summed E-state index contributed by atoms with van der Waals surface area (Å²) in [5.74, 6) is 1.78. The van der Waals surface area contributed by atoms with Gasteiger partial charge >= 0.3 is 0 Å². The first-order chi connectivity index (χ1) is 11.8. The van der Waals surface area contributed by atoms with Crippen molar-refractivity contribution in [1.82, 2.24) is 25.1 Å². The molecule has 0 bridgehead atoms. The highest BCUT2D eigenvalue weighted by Crippen LogP contribution is 2.26. The molecule has 0 radical (unpaired) electrons. The fraction of sp³-hybridized carbons (Fsp3) is 0.444. The van der Waals surface area contributed by atoms with Crippen LogP contribution in [-0.2, 0) is 18.9 Å². The molecule has 0 N–H and O–H groups in total. The van der Waals surface area contributed by atoms with E-state index in [1.54, 1.807) is 4.68 Å². The van der Waals surface area contributed by atoms with E-state index >= 15 is 0 Å². The molecule has 1 aromatic carbocycles. The number of aromatic nitrogens is 5. The number of hydrogen-bond donors (Lipinski definition) is 0. The van der Waals surface area contributed by atoms with Crippen molar-refractivity contribution < 1.29 is 9.26 Å². The van der Waals surface area contributed by atoms with Crippen molar-refractivity contribution in [2.45, 2.75) is 45.6 Å². The van der Waals surface area contributed by atoms with Crippen molar-refractivity contribution in [1.29, 1.82) is 0 Å². The van der Waals surface area contributed by atoms with Gasteiger partial charge in [-0.05, 0) is 30.0 Å². The summed E-state index contributed by atoms with van der Waals surface area (Å²) >= 11 is 0. The maximum atomic E-state index is 5.91. The van der Waals surface area contributed by atoms with Crippen LogP contribution in [0.3, 0.4) is 0 Å². The van der Waals surface area contributed by atoms with Gasteiger partial charge < -0.3 is 9.26 Å². The van der Waals surface area contributed by atoms with Gasteiger partial charge in [0.1, 0.15) is 5.75 Å². The van der Waals surface area contributed by atoms with Gasteiger partial charge in [0.05, 0.1) is 12.1 Å². The van der Waals surface area contributed by atoms with Crippen LogP contribution in [-0.4, -0.2) is 25.1 Å². The molecule has 2 heterocycles. The Bertz CT molecular complexity index is 830. The Labute approximate surface area is 147 Å². The van der Waals surface area contributed by atoms with E-state index < -0.39 is 0 Å². The van der Waals surface area contributed by atoms with Gasteiger partial charge in [-0.15, -0.1) is 5.10 Å². The Morgan fingerprint density at radius 2 is 1.92 bits per heavy atom. The van der Waals surface area contributed by atoms with E-state index in [9.17, 15) is 0 Å². The van der Waals surface area contributed by atoms with E-state index in [2.05, 4.69) is 53.4 Å². The Morgan fingerprint density at radius 3 is 2.52 bits per heavy atom. The highest BCUT2D eigenvalue weighted by Gasteiger charge is 2.18. The van der Waals surface area contributed by atoms with Crippen molar-refractivity contribution in [3.8, 4) is 5.75 Å². The zero-order valence-corrected chi connectivity index (χ0v) is 15.2. The molecule has 3 rings (SSSR count). The molecule has 7 nitrogen and oxygen atoms in total. The third kappa shape index (κ3) is 4.23. The van der Waals surface area contributed by atoms with E-state index in [1.807, 2.05) is 32.3 Å². The summed E-state index contributed by atoms with van der Waals surface area (Å²) in [4.78, 5) is 4.39. The van der Waals surface area contributed by atoms with Gasteiger partial charge in [-0.3, -0.25) is 4.68 Å². The third-order valence-corrected chi connectivity index (χ3v) is 3.85. The van der Waals surface area contributed by atoms with Crippen molar-refractivity contribution >= 4 is 0 Å². The molecule has 0 saturated heterocycles. The number of hydrogen-bond acceptors (Lipinski definition) is 6. The zero-order chi connectivity index (χ0) is 18.0. The lowest BCUT2D eigenvalue weighted by Gasteiger charge is -2.19. The number of ether oxygens (including phenoxy) is 1. The largest absolute Gasteiger partial charge is 0.481 e. The van der Waals surface area contributed by atoms with Crippen LogP contribution < -0.4 is 4.74 Å². The van der Waals surface area contributed by atoms with E-state index in [-0.39, 0.29) is 11.5 Å². The quantitative estimate of drug-likeness (QED) is 0.709. The first kappa shape index (κ1) is 17.1. The number of benzene rings is 1. The molecule has 25 heavy (non-hydrogen) atoms. The predicted octanol–water partition coefficient (Wildman–Crippen LogP) is 3.23. The fourth-order valence-corrected chi connectivity index (χ4v) is 2.43. The molecule has 3 aromatic rings. The Hall–Kier alpha value is -2.70. The van der Waals surface area contributed by atoms with E-state index in [1.165, 1.54) is 5.56 Å². The second-order valence-electron chi connectivity index (χ2n) is 7.14. The summed E-state index contributed by atoms with van der Waals surface area (Å²) in [7, 11) is 1.82. The lowest BCUT2D eigenvalue weighted by Crippen LogP contribution is -2.11. The van der Waals surface area contributed by atoms with Crippen molar-refractivity contribution in [2.75, 3.05) is 0 Å². The lowest BCUT2D eigenvalue weighted by molar-refractivity contribution is 0.175. The molecule has 0 aliphatic heterocycles. The van der Waals surface area contributed by atoms with Crippen LogP contribution in [0.15, 0.2) is 35.0 Å². The summed E-state index contributed by atoms with van der Waals surface area (Å²) < 4.78 is 12.9. The van der Waals surface area contributed by atoms with Gasteiger partial charge in [-0.2, -0.15) is 4.98 Å². The second-order valence-corrected chi connectivity index (χ2v) is 7.14. The Morgan fingerprint density at radius 1 is 1.20 bits per heavy atom. The van der Waals surface area contributed by atoms with Crippen molar-refractivity contribution in [3.05, 3.63) is 53.4 Å². The second kappa shape index (κ2) is 6.66. The molecule has 1 atom stereocenters. The van der Waals surface area contributed by atoms with Crippen LogP contribution in [0.25, 0.3) is 0 Å². The third-order valence-electron chi connectivity index (χ3n) is 3.85. The molecular weight excluding hydrogens is 318 g/mol. The van der Waals surface area contributed by atoms with Gasteiger partial charge in [0.15, 0.2) is 11.9 Å². The van der Waals surface area contributed by atoms with Gasteiger partial charge in [-0.25, -0.2) is 0 Å². The molecule has 7 heteroatoms. The average Bonchev–Trinajstić information content (AvgIpc) is 3.16. The minimum Gasteiger partial charge on any atom is -0.481 e. The van der Waals surface area contributed by atoms with Crippen LogP contribution >= 0.6 is 0 Å². The number of rotatable bonds is 5. The van der Waals surface area contributed by atoms with Crippen LogP contribution in [0, 0.1) is 0 Å². The maximum Gasteiger partial charge on any atom is 0.267 e. The molecule has 0 aliphatic carbocycles. The molecular formula is C18H23N5O2. The first-order valence-electron chi connectivity index (χ1n) is 8.26. The van der Waals surface area contributed by atoms with E-state index in [0.717, 1.165) is 11.4 Å². The van der Waals surface area contributed by atoms with Gasteiger partial charge in [0.2, 0.25) is 0 Å². The van der Waals surface area contributed by atoms with Crippen LogP contribution in [0.5, 0.6) is 5.75 Å². The predicted molar refractivity (Wildman–Crippen MR) is 92.3 cm³/mol. The van der Waals surface area contributed by atoms with Gasteiger partial charge in [0.25, 0.3) is 5.89 Å². The molecule has 0 fully saturated rings. The SMILES string of the molecule is CC(Oc1ccc(C(C)(C)C)cc1)c1nc(Cc2cn(C)nn2)no1. The normalized spacial score (nSPS) is 13.0. The number of nitrogens with zero attached hydrogens (tertiary/aromatic N) is 5. The van der Waals surface area contributed by atoms with Crippen molar-refractivity contribution in [2.24, 2.45) is 7.05 Å². The molecule has 0 spiro atoms. The molecule has 0 saturated carbocycles. The van der Waals surface area contributed by atoms with Crippen molar-refractivity contribution in [3.63, 3.8) is 0 Å². The van der Waals surface area contributed by atoms with Gasteiger partial charge in [0, 0.05) is 13.2 Å². The molecule has 1 unspecified atom stereocenters. The summed E-state index contributed by atoms with van der Waals surface area (Å²) in [6, 6.07) is 8.09. The minimum absolute atomic E-state index is 0.117. The Kier molecular flexibility index (Phi) is 4.57. The lowest BCUT2D eigenvalue weighted by atomic mass is 9.87. The molecule has 0 aliphatic rings. The van der Waals surface area contributed by atoms with Gasteiger partial charge in [-0.1, -0.05) is 43.3 Å². The standard InChI is InChI=1S/C18H23N5O2/c1-12(24-15-8-6-13(7-9-15)18(2,3)4)17-19-16(21-25-17)10-14-11-23(5)22-20-14/h6-9,11-12H,10H2,1-5H3. The molecule has 132 valence electrons. The zero-order valence-electron chi connectivity index (χ0n) is 15.2. The topological polar surface area (TPSA) is 78.9 Å². The number of aryl methyl sites for hydroxylation is 1. The highest BCUT2D eigenvalue weighted by atomic mass is 16.5. The minimum atomic E-state index is -0.330. The van der Waals surface area contributed by atoms with E-state index in [4.69, 9.17) is 9.26 Å². The van der Waals surface area contributed by atoms with Crippen LogP contribution in [0.4, 0.5) is 0 Å². The summed E-state index contributed by atoms with van der Waals surface area (Å²) in [5.41, 5.74) is 2.17. The summed E-state index contributed by atoms with van der Waals surface area (Å²) in [6.07, 6.45) is 1.97. The summed E-state index contributed by atoms with van der Waals surface area (Å²) in [6.45, 7) is 8.44. The smallest absolute Gasteiger partial charge is 0.267 e. The van der Waals surface area contributed by atoms with Crippen LogP contribution in [0.2, 0.25) is 0 Å². The summed E-state index contributed by atoms with van der Waals surface area (Å²) in [5, 5.41) is 11.9. The first-order valence-corrected chi connectivity index (χ1v) is 8.26. The van der Waals surface area contributed by atoms with Crippen LogP contribution in [0.1, 0.15) is 56.8 Å². The average molecular weight is 341 g/mol. The van der Waals surface area contributed by atoms with E-state index in [0.29, 0.717) is 18.1 Å². The Balaban J connectivity index is 1.64.